The van der Waals surface area contributed by atoms with Crippen LogP contribution in [0, 0.1) is 11.7 Å². The zero-order valence-corrected chi connectivity index (χ0v) is 11.8. The van der Waals surface area contributed by atoms with E-state index in [2.05, 4.69) is 4.74 Å². The van der Waals surface area contributed by atoms with Crippen molar-refractivity contribution >= 4 is 12.3 Å². The second-order valence-electron chi connectivity index (χ2n) is 4.95. The highest BCUT2D eigenvalue weighted by molar-refractivity contribution is 5.74. The molecular weight excluding hydrogens is 265 g/mol. The molecule has 0 N–H and O–H groups in total. The Balaban J connectivity index is 3.34. The number of hydrogen-bond acceptors (Lipinski definition) is 4. The number of hydrogen-bond donors (Lipinski definition) is 0. The van der Waals surface area contributed by atoms with Crippen LogP contribution in [-0.4, -0.2) is 23.9 Å². The third-order valence-corrected chi connectivity index (χ3v) is 2.88. The van der Waals surface area contributed by atoms with Crippen LogP contribution in [0.15, 0.2) is 17.1 Å². The number of esters is 1. The highest BCUT2D eigenvalue weighted by atomic mass is 19.1. The van der Waals surface area contributed by atoms with Crippen molar-refractivity contribution in [3.05, 3.63) is 34.0 Å². The molecule has 0 amide bonds. The average molecular weight is 283 g/mol. The molecule has 0 fully saturated rings. The van der Waals surface area contributed by atoms with E-state index in [0.717, 1.165) is 10.6 Å². The molecule has 1 unspecified atom stereocenters. The first-order chi connectivity index (χ1) is 9.40. The van der Waals surface area contributed by atoms with Gasteiger partial charge in [-0.05, 0) is 24.0 Å². The Kier molecular flexibility index (Phi) is 5.61. The number of ether oxygens (including phenoxy) is 1. The van der Waals surface area contributed by atoms with Crippen LogP contribution in [-0.2, 0) is 20.7 Å². The van der Waals surface area contributed by atoms with Gasteiger partial charge in [-0.15, -0.1) is 0 Å². The number of carbonyl (C=O) groups excluding carboxylic acids is 2. The van der Waals surface area contributed by atoms with Gasteiger partial charge in [-0.2, -0.15) is 0 Å². The minimum Gasteiger partial charge on any atom is -0.467 e. The van der Waals surface area contributed by atoms with E-state index >= 15 is 0 Å². The minimum absolute atomic E-state index is 0.0211. The van der Waals surface area contributed by atoms with Gasteiger partial charge in [-0.25, -0.2) is 9.18 Å². The molecule has 6 heteroatoms. The monoisotopic (exact) mass is 283 g/mol. The van der Waals surface area contributed by atoms with E-state index in [4.69, 9.17) is 0 Å². The average Bonchev–Trinajstić information content (AvgIpc) is 2.39. The van der Waals surface area contributed by atoms with Gasteiger partial charge < -0.3 is 9.53 Å². The van der Waals surface area contributed by atoms with Crippen LogP contribution in [0.5, 0.6) is 0 Å². The Hall–Kier alpha value is -1.98. The smallest absolute Gasteiger partial charge is 0.328 e. The van der Waals surface area contributed by atoms with Crippen molar-refractivity contribution in [2.24, 2.45) is 5.92 Å². The van der Waals surface area contributed by atoms with Gasteiger partial charge in [0.1, 0.15) is 12.3 Å². The highest BCUT2D eigenvalue weighted by Gasteiger charge is 2.24. The SMILES string of the molecule is COC(=O)C(CC(C)C)n1cc(CC=O)cc(F)c1=O. The Labute approximate surface area is 116 Å². The largest absolute Gasteiger partial charge is 0.467 e. The zero-order valence-electron chi connectivity index (χ0n) is 11.8. The molecule has 0 bridgehead atoms. The molecule has 0 aliphatic carbocycles. The molecule has 20 heavy (non-hydrogen) atoms. The standard InChI is InChI=1S/C14H18FNO4/c1-9(2)6-12(14(19)20-3)16-8-10(4-5-17)7-11(15)13(16)18/h5,7-9,12H,4,6H2,1-3H3. The maximum atomic E-state index is 13.6. The third-order valence-electron chi connectivity index (χ3n) is 2.88. The van der Waals surface area contributed by atoms with Crippen LogP contribution >= 0.6 is 0 Å². The molecule has 1 heterocycles. The molecule has 0 aromatic carbocycles. The number of pyridine rings is 1. The highest BCUT2D eigenvalue weighted by Crippen LogP contribution is 2.18. The number of aldehydes is 1. The molecule has 0 aliphatic heterocycles. The van der Waals surface area contributed by atoms with Gasteiger partial charge in [0.25, 0.3) is 5.56 Å². The maximum absolute atomic E-state index is 13.6. The Morgan fingerprint density at radius 2 is 2.15 bits per heavy atom. The molecule has 0 spiro atoms. The number of nitrogens with zero attached hydrogens (tertiary/aromatic N) is 1. The zero-order chi connectivity index (χ0) is 15.3. The molecule has 1 atom stereocenters. The van der Waals surface area contributed by atoms with Crippen LogP contribution in [0.1, 0.15) is 31.9 Å². The lowest BCUT2D eigenvalue weighted by atomic mass is 10.0. The van der Waals surface area contributed by atoms with E-state index in [1.165, 1.54) is 13.3 Å². The molecule has 0 saturated heterocycles. The first-order valence-corrected chi connectivity index (χ1v) is 6.32. The summed E-state index contributed by atoms with van der Waals surface area (Å²) in [5.41, 5.74) is -0.551. The van der Waals surface area contributed by atoms with Crippen molar-refractivity contribution in [3.8, 4) is 0 Å². The van der Waals surface area contributed by atoms with Gasteiger partial charge in [-0.1, -0.05) is 13.8 Å². The number of methoxy groups -OCH3 is 1. The molecule has 1 aromatic heterocycles. The second kappa shape index (κ2) is 6.98. The summed E-state index contributed by atoms with van der Waals surface area (Å²) in [5.74, 6) is -1.48. The summed E-state index contributed by atoms with van der Waals surface area (Å²) in [5, 5.41) is 0. The van der Waals surface area contributed by atoms with Gasteiger partial charge in [0.05, 0.1) is 7.11 Å². The van der Waals surface area contributed by atoms with E-state index in [-0.39, 0.29) is 12.3 Å². The number of halogens is 1. The summed E-state index contributed by atoms with van der Waals surface area (Å²) in [6.07, 6.45) is 2.27. The molecule has 0 radical (unpaired) electrons. The fraction of sp³-hybridized carbons (Fsp3) is 0.500. The van der Waals surface area contributed by atoms with Crippen LogP contribution in [0.4, 0.5) is 4.39 Å². The first-order valence-electron chi connectivity index (χ1n) is 6.32. The molecule has 5 nitrogen and oxygen atoms in total. The Morgan fingerprint density at radius 1 is 1.50 bits per heavy atom. The van der Waals surface area contributed by atoms with Crippen LogP contribution in [0.3, 0.4) is 0 Å². The van der Waals surface area contributed by atoms with Crippen LogP contribution in [0.2, 0.25) is 0 Å². The fourth-order valence-corrected chi connectivity index (χ4v) is 1.97. The summed E-state index contributed by atoms with van der Waals surface area (Å²) in [4.78, 5) is 34.2. The van der Waals surface area contributed by atoms with Crippen molar-refractivity contribution in [1.82, 2.24) is 4.57 Å². The molecule has 0 aliphatic rings. The molecule has 1 aromatic rings. The van der Waals surface area contributed by atoms with Crippen molar-refractivity contribution in [2.75, 3.05) is 7.11 Å². The normalized spacial score (nSPS) is 12.2. The van der Waals surface area contributed by atoms with Crippen molar-refractivity contribution in [1.29, 1.82) is 0 Å². The summed E-state index contributed by atoms with van der Waals surface area (Å²) in [6, 6.07) is 0.116. The predicted octanol–water partition coefficient (Wildman–Crippen LogP) is 1.49. The number of carbonyl (C=O) groups is 2. The van der Waals surface area contributed by atoms with E-state index < -0.39 is 23.4 Å². The van der Waals surface area contributed by atoms with Gasteiger partial charge in [0, 0.05) is 12.6 Å². The summed E-state index contributed by atoms with van der Waals surface area (Å²) in [6.45, 7) is 3.76. The molecule has 110 valence electrons. The Morgan fingerprint density at radius 3 is 2.65 bits per heavy atom. The van der Waals surface area contributed by atoms with Crippen LogP contribution in [0.25, 0.3) is 0 Å². The van der Waals surface area contributed by atoms with Gasteiger partial charge in [0.15, 0.2) is 5.82 Å². The van der Waals surface area contributed by atoms with Gasteiger partial charge >= 0.3 is 5.97 Å². The quantitative estimate of drug-likeness (QED) is 0.586. The Bertz CT molecular complexity index is 551. The minimum atomic E-state index is -0.984. The summed E-state index contributed by atoms with van der Waals surface area (Å²) >= 11 is 0. The maximum Gasteiger partial charge on any atom is 0.328 e. The van der Waals surface area contributed by atoms with E-state index in [1.54, 1.807) is 0 Å². The first kappa shape index (κ1) is 16.1. The van der Waals surface area contributed by atoms with E-state index in [9.17, 15) is 18.8 Å². The predicted molar refractivity (Wildman–Crippen MR) is 70.9 cm³/mol. The van der Waals surface area contributed by atoms with Crippen LogP contribution < -0.4 is 5.56 Å². The summed E-state index contributed by atoms with van der Waals surface area (Å²) < 4.78 is 19.3. The third kappa shape index (κ3) is 3.76. The lowest BCUT2D eigenvalue weighted by Crippen LogP contribution is -2.33. The number of aromatic nitrogens is 1. The molecule has 0 saturated carbocycles. The topological polar surface area (TPSA) is 65.4 Å². The van der Waals surface area contributed by atoms with E-state index in [0.29, 0.717) is 18.3 Å². The second-order valence-corrected chi connectivity index (χ2v) is 4.95. The van der Waals surface area contributed by atoms with Gasteiger partial charge in [-0.3, -0.25) is 9.36 Å². The lowest BCUT2D eigenvalue weighted by molar-refractivity contribution is -0.145. The van der Waals surface area contributed by atoms with Gasteiger partial charge in [0.2, 0.25) is 0 Å². The lowest BCUT2D eigenvalue weighted by Gasteiger charge is -2.20. The van der Waals surface area contributed by atoms with Crippen molar-refractivity contribution in [2.45, 2.75) is 32.7 Å². The van der Waals surface area contributed by atoms with E-state index in [1.807, 2.05) is 13.8 Å². The molecule has 1 rings (SSSR count). The van der Waals surface area contributed by atoms with Crippen molar-refractivity contribution in [3.63, 3.8) is 0 Å². The van der Waals surface area contributed by atoms with Crippen molar-refractivity contribution < 1.29 is 18.7 Å². The summed E-state index contributed by atoms with van der Waals surface area (Å²) in [7, 11) is 1.21. The fourth-order valence-electron chi connectivity index (χ4n) is 1.97. The number of rotatable bonds is 6. The molecular formula is C14H18FNO4.